The topological polar surface area (TPSA) is 79.3 Å². The zero-order valence-electron chi connectivity index (χ0n) is 10.5. The van der Waals surface area contributed by atoms with Gasteiger partial charge >= 0.3 is 5.97 Å². The van der Waals surface area contributed by atoms with E-state index in [0.29, 0.717) is 5.56 Å². The van der Waals surface area contributed by atoms with Gasteiger partial charge in [-0.05, 0) is 19.1 Å². The van der Waals surface area contributed by atoms with Crippen LogP contribution < -0.4 is 5.32 Å². The number of carboxylic acids is 1. The lowest BCUT2D eigenvalue weighted by Gasteiger charge is -2.08. The van der Waals surface area contributed by atoms with Crippen molar-refractivity contribution in [1.82, 2.24) is 10.3 Å². The smallest absolute Gasteiger partial charge is 0.305 e. The van der Waals surface area contributed by atoms with E-state index in [2.05, 4.69) is 10.3 Å². The summed E-state index contributed by atoms with van der Waals surface area (Å²) in [5, 5.41) is 11.9. The summed E-state index contributed by atoms with van der Waals surface area (Å²) in [7, 11) is 0. The standard InChI is InChI=1S/C14H14N2O3/c1-9-8-11(14(19)15-7-6-13(17)18)10-4-2-3-5-12(10)16-9/h2-5,8H,6-7H2,1H3,(H,15,19)(H,17,18). The number of carbonyl (C=O) groups excluding carboxylic acids is 1. The highest BCUT2D eigenvalue weighted by molar-refractivity contribution is 6.06. The predicted molar refractivity (Wildman–Crippen MR) is 71.1 cm³/mol. The molecule has 0 aliphatic carbocycles. The van der Waals surface area contributed by atoms with Crippen LogP contribution in [0.4, 0.5) is 0 Å². The fourth-order valence-electron chi connectivity index (χ4n) is 1.87. The summed E-state index contributed by atoms with van der Waals surface area (Å²) in [5.74, 6) is -1.21. The van der Waals surface area contributed by atoms with Gasteiger partial charge in [0.15, 0.2) is 0 Å². The molecule has 0 fully saturated rings. The van der Waals surface area contributed by atoms with Gasteiger partial charge < -0.3 is 10.4 Å². The molecule has 2 rings (SSSR count). The Morgan fingerprint density at radius 2 is 2.05 bits per heavy atom. The molecule has 5 nitrogen and oxygen atoms in total. The number of hydrogen-bond acceptors (Lipinski definition) is 3. The van der Waals surface area contributed by atoms with Crippen LogP contribution in [0.3, 0.4) is 0 Å². The lowest BCUT2D eigenvalue weighted by Crippen LogP contribution is -2.26. The second-order valence-electron chi connectivity index (χ2n) is 4.23. The van der Waals surface area contributed by atoms with E-state index in [1.807, 2.05) is 31.2 Å². The number of aromatic nitrogens is 1. The van der Waals surface area contributed by atoms with Gasteiger partial charge in [-0.25, -0.2) is 0 Å². The first kappa shape index (κ1) is 13.0. The average Bonchev–Trinajstić information content (AvgIpc) is 2.37. The lowest BCUT2D eigenvalue weighted by atomic mass is 10.1. The summed E-state index contributed by atoms with van der Waals surface area (Å²) in [6, 6.07) is 9.08. The van der Waals surface area contributed by atoms with Crippen LogP contribution in [0.2, 0.25) is 0 Å². The summed E-state index contributed by atoms with van der Waals surface area (Å²) >= 11 is 0. The first-order valence-corrected chi connectivity index (χ1v) is 5.94. The van der Waals surface area contributed by atoms with Crippen molar-refractivity contribution in [3.8, 4) is 0 Å². The third kappa shape index (κ3) is 3.07. The molecule has 1 aromatic carbocycles. The van der Waals surface area contributed by atoms with Crippen molar-refractivity contribution >= 4 is 22.8 Å². The highest BCUT2D eigenvalue weighted by Gasteiger charge is 2.11. The van der Waals surface area contributed by atoms with Crippen LogP contribution in [0.15, 0.2) is 30.3 Å². The number of benzene rings is 1. The molecule has 1 amide bonds. The predicted octanol–water partition coefficient (Wildman–Crippen LogP) is 1.75. The quantitative estimate of drug-likeness (QED) is 0.875. The molecule has 2 N–H and O–H groups in total. The van der Waals surface area contributed by atoms with E-state index in [1.165, 1.54) is 0 Å². The molecule has 0 radical (unpaired) electrons. The average molecular weight is 258 g/mol. The van der Waals surface area contributed by atoms with Gasteiger partial charge in [-0.3, -0.25) is 14.6 Å². The highest BCUT2D eigenvalue weighted by Crippen LogP contribution is 2.17. The number of carbonyl (C=O) groups is 2. The number of nitrogens with zero attached hydrogens (tertiary/aromatic N) is 1. The van der Waals surface area contributed by atoms with Crippen LogP contribution >= 0.6 is 0 Å². The van der Waals surface area contributed by atoms with E-state index in [1.54, 1.807) is 6.07 Å². The molecule has 2 aromatic rings. The minimum absolute atomic E-state index is 0.0895. The second-order valence-corrected chi connectivity index (χ2v) is 4.23. The number of aliphatic carboxylic acids is 1. The fraction of sp³-hybridized carbons (Fsp3) is 0.214. The van der Waals surface area contributed by atoms with Gasteiger partial charge in [0.25, 0.3) is 5.91 Å². The third-order valence-electron chi connectivity index (χ3n) is 2.71. The number of aryl methyl sites for hydroxylation is 1. The molecule has 98 valence electrons. The van der Waals surface area contributed by atoms with Crippen molar-refractivity contribution in [1.29, 1.82) is 0 Å². The fourth-order valence-corrected chi connectivity index (χ4v) is 1.87. The van der Waals surface area contributed by atoms with Crippen LogP contribution in [0.25, 0.3) is 10.9 Å². The van der Waals surface area contributed by atoms with Crippen LogP contribution in [0.1, 0.15) is 22.5 Å². The van der Waals surface area contributed by atoms with Gasteiger partial charge in [0.1, 0.15) is 0 Å². The molecule has 0 spiro atoms. The molecule has 0 aliphatic rings. The summed E-state index contributed by atoms with van der Waals surface area (Å²) in [4.78, 5) is 26.8. The third-order valence-corrected chi connectivity index (χ3v) is 2.71. The molecule has 0 atom stereocenters. The number of rotatable bonds is 4. The highest BCUT2D eigenvalue weighted by atomic mass is 16.4. The van der Waals surface area contributed by atoms with Gasteiger partial charge in [0, 0.05) is 17.6 Å². The Kier molecular flexibility index (Phi) is 3.75. The number of nitrogens with one attached hydrogen (secondary N) is 1. The second kappa shape index (κ2) is 5.48. The maximum absolute atomic E-state index is 12.1. The van der Waals surface area contributed by atoms with Crippen molar-refractivity contribution in [2.45, 2.75) is 13.3 Å². The van der Waals surface area contributed by atoms with Gasteiger partial charge in [-0.1, -0.05) is 18.2 Å². The zero-order chi connectivity index (χ0) is 13.8. The molecule has 0 aliphatic heterocycles. The van der Waals surface area contributed by atoms with E-state index in [4.69, 9.17) is 5.11 Å². The van der Waals surface area contributed by atoms with Gasteiger partial charge in [0.05, 0.1) is 17.5 Å². The maximum Gasteiger partial charge on any atom is 0.305 e. The van der Waals surface area contributed by atoms with Gasteiger partial charge in [-0.15, -0.1) is 0 Å². The monoisotopic (exact) mass is 258 g/mol. The Morgan fingerprint density at radius 1 is 1.32 bits per heavy atom. The molecule has 0 saturated carbocycles. The van der Waals surface area contributed by atoms with Gasteiger partial charge in [0.2, 0.25) is 0 Å². The van der Waals surface area contributed by atoms with E-state index >= 15 is 0 Å². The maximum atomic E-state index is 12.1. The lowest BCUT2D eigenvalue weighted by molar-refractivity contribution is -0.136. The van der Waals surface area contributed by atoms with Crippen molar-refractivity contribution in [3.05, 3.63) is 41.6 Å². The minimum Gasteiger partial charge on any atom is -0.481 e. The van der Waals surface area contributed by atoms with Crippen molar-refractivity contribution in [2.24, 2.45) is 0 Å². The molecule has 0 bridgehead atoms. The van der Waals surface area contributed by atoms with Crippen LogP contribution in [-0.4, -0.2) is 28.5 Å². The number of para-hydroxylation sites is 1. The Labute approximate surface area is 110 Å². The molecular formula is C14H14N2O3. The molecule has 5 heteroatoms. The molecule has 0 saturated heterocycles. The summed E-state index contributed by atoms with van der Waals surface area (Å²) in [6.07, 6.45) is -0.0895. The Balaban J connectivity index is 2.28. The van der Waals surface area contributed by atoms with E-state index in [0.717, 1.165) is 16.6 Å². The SMILES string of the molecule is Cc1cc(C(=O)NCCC(=O)O)c2ccccc2n1. The summed E-state index contributed by atoms with van der Waals surface area (Å²) < 4.78 is 0. The van der Waals surface area contributed by atoms with Crippen molar-refractivity contribution in [3.63, 3.8) is 0 Å². The van der Waals surface area contributed by atoms with Crippen molar-refractivity contribution in [2.75, 3.05) is 6.54 Å². The largest absolute Gasteiger partial charge is 0.481 e. The Bertz CT molecular complexity index is 638. The number of hydrogen-bond donors (Lipinski definition) is 2. The summed E-state index contributed by atoms with van der Waals surface area (Å²) in [5.41, 5.74) is 2.03. The molecule has 19 heavy (non-hydrogen) atoms. The van der Waals surface area contributed by atoms with E-state index in [9.17, 15) is 9.59 Å². The normalized spacial score (nSPS) is 10.4. The Morgan fingerprint density at radius 3 is 2.79 bits per heavy atom. The van der Waals surface area contributed by atoms with Gasteiger partial charge in [-0.2, -0.15) is 0 Å². The molecule has 0 unspecified atom stereocenters. The number of fused-ring (bicyclic) bond motifs is 1. The van der Waals surface area contributed by atoms with Crippen LogP contribution in [0, 0.1) is 6.92 Å². The molecule has 1 aromatic heterocycles. The minimum atomic E-state index is -0.934. The number of amides is 1. The zero-order valence-corrected chi connectivity index (χ0v) is 10.5. The first-order valence-electron chi connectivity index (χ1n) is 5.94. The van der Waals surface area contributed by atoms with E-state index in [-0.39, 0.29) is 18.9 Å². The number of pyridine rings is 1. The molecule has 1 heterocycles. The summed E-state index contributed by atoms with van der Waals surface area (Å²) in [6.45, 7) is 1.93. The number of carboxylic acid groups (broad SMARTS) is 1. The van der Waals surface area contributed by atoms with Crippen molar-refractivity contribution < 1.29 is 14.7 Å². The van der Waals surface area contributed by atoms with Crippen LogP contribution in [0.5, 0.6) is 0 Å². The van der Waals surface area contributed by atoms with E-state index < -0.39 is 5.97 Å². The first-order chi connectivity index (χ1) is 9.08. The van der Waals surface area contributed by atoms with Crippen LogP contribution in [-0.2, 0) is 4.79 Å². The molecular weight excluding hydrogens is 244 g/mol. The Hall–Kier alpha value is -2.43.